The molecule has 0 bridgehead atoms. The minimum absolute atomic E-state index is 0.0865. The van der Waals surface area contributed by atoms with E-state index in [0.717, 1.165) is 22.6 Å². The van der Waals surface area contributed by atoms with Crippen LogP contribution in [0.15, 0.2) is 83.4 Å². The lowest BCUT2D eigenvalue weighted by molar-refractivity contribution is 0.101. The van der Waals surface area contributed by atoms with Gasteiger partial charge in [0.05, 0.1) is 5.92 Å². The van der Waals surface area contributed by atoms with E-state index in [0.29, 0.717) is 11.3 Å². The first-order valence-electron chi connectivity index (χ1n) is 8.71. The molecule has 2 heterocycles. The molecule has 2 aromatic carbocycles. The van der Waals surface area contributed by atoms with Crippen molar-refractivity contribution in [2.75, 3.05) is 0 Å². The van der Waals surface area contributed by atoms with E-state index >= 15 is 0 Å². The molecular weight excluding hydrogens is 449 g/mol. The Bertz CT molecular complexity index is 1040. The van der Waals surface area contributed by atoms with Gasteiger partial charge in [0.15, 0.2) is 5.76 Å². The Kier molecular flexibility index (Phi) is 4.99. The second kappa shape index (κ2) is 7.56. The van der Waals surface area contributed by atoms with Crippen molar-refractivity contribution in [2.24, 2.45) is 0 Å². The van der Waals surface area contributed by atoms with Gasteiger partial charge in [-0.3, -0.25) is 4.79 Å². The molecule has 1 N–H and O–H groups in total. The van der Waals surface area contributed by atoms with E-state index in [2.05, 4.69) is 51.8 Å². The molecule has 27 heavy (non-hydrogen) atoms. The molecular formula is C23H18INO2. The van der Waals surface area contributed by atoms with Crippen molar-refractivity contribution in [2.45, 2.75) is 12.8 Å². The van der Waals surface area contributed by atoms with Crippen molar-refractivity contribution in [3.8, 4) is 0 Å². The van der Waals surface area contributed by atoms with Crippen molar-refractivity contribution >= 4 is 28.4 Å². The quantitative estimate of drug-likeness (QED) is 0.292. The fourth-order valence-corrected chi connectivity index (χ4v) is 3.51. The molecule has 0 aliphatic carbocycles. The Morgan fingerprint density at radius 1 is 0.963 bits per heavy atom. The summed E-state index contributed by atoms with van der Waals surface area (Å²) in [4.78, 5) is 16.0. The molecule has 0 aliphatic heterocycles. The van der Waals surface area contributed by atoms with Gasteiger partial charge in [-0.1, -0.05) is 42.0 Å². The van der Waals surface area contributed by atoms with Crippen LogP contribution < -0.4 is 0 Å². The third-order valence-electron chi connectivity index (χ3n) is 4.59. The van der Waals surface area contributed by atoms with E-state index in [1.807, 2.05) is 55.6 Å². The molecule has 1 atom stereocenters. The molecule has 134 valence electrons. The maximum absolute atomic E-state index is 12.8. The van der Waals surface area contributed by atoms with Gasteiger partial charge in [-0.25, -0.2) is 0 Å². The summed E-state index contributed by atoms with van der Waals surface area (Å²) in [5.74, 6) is 0.913. The number of H-pyrrole nitrogens is 1. The second-order valence-corrected chi connectivity index (χ2v) is 7.75. The van der Waals surface area contributed by atoms with E-state index in [-0.39, 0.29) is 11.7 Å². The van der Waals surface area contributed by atoms with Crippen LogP contribution in [0.25, 0.3) is 0 Å². The van der Waals surface area contributed by atoms with Crippen molar-refractivity contribution in [3.05, 3.63) is 116 Å². The average molecular weight is 467 g/mol. The van der Waals surface area contributed by atoms with Gasteiger partial charge in [0.25, 0.3) is 0 Å². The van der Waals surface area contributed by atoms with E-state index in [1.165, 1.54) is 3.57 Å². The summed E-state index contributed by atoms with van der Waals surface area (Å²) < 4.78 is 7.21. The Labute approximate surface area is 171 Å². The molecule has 0 fully saturated rings. The van der Waals surface area contributed by atoms with Gasteiger partial charge in [0.1, 0.15) is 5.76 Å². The highest BCUT2D eigenvalue weighted by Gasteiger charge is 2.23. The molecule has 0 radical (unpaired) electrons. The van der Waals surface area contributed by atoms with Crippen LogP contribution in [0.1, 0.15) is 44.6 Å². The number of nitrogens with one attached hydrogen (secondary N) is 1. The molecule has 0 amide bonds. The summed E-state index contributed by atoms with van der Waals surface area (Å²) in [5, 5.41) is 0. The number of rotatable bonds is 5. The highest BCUT2D eigenvalue weighted by atomic mass is 127. The Morgan fingerprint density at radius 3 is 2.37 bits per heavy atom. The molecule has 2 aromatic heterocycles. The predicted molar refractivity (Wildman–Crippen MR) is 114 cm³/mol. The minimum Gasteiger partial charge on any atom is -0.457 e. The largest absolute Gasteiger partial charge is 0.457 e. The van der Waals surface area contributed by atoms with Crippen molar-refractivity contribution in [1.82, 2.24) is 4.98 Å². The van der Waals surface area contributed by atoms with Crippen LogP contribution in [0.5, 0.6) is 0 Å². The normalized spacial score (nSPS) is 12.1. The van der Waals surface area contributed by atoms with Crippen LogP contribution in [0.3, 0.4) is 0 Å². The maximum atomic E-state index is 12.8. The zero-order valence-corrected chi connectivity index (χ0v) is 16.9. The van der Waals surface area contributed by atoms with Gasteiger partial charge >= 0.3 is 0 Å². The fraction of sp³-hybridized carbons (Fsp3) is 0.0870. The lowest BCUT2D eigenvalue weighted by atomic mass is 9.93. The van der Waals surface area contributed by atoms with Crippen LogP contribution in [0.4, 0.5) is 0 Å². The van der Waals surface area contributed by atoms with E-state index in [9.17, 15) is 4.79 Å². The molecule has 4 rings (SSSR count). The van der Waals surface area contributed by atoms with Crippen LogP contribution >= 0.6 is 22.6 Å². The molecule has 4 aromatic rings. The number of halogens is 1. The number of carbonyl (C=O) groups is 1. The van der Waals surface area contributed by atoms with Gasteiger partial charge in [0.2, 0.25) is 5.78 Å². The Morgan fingerprint density at radius 2 is 1.70 bits per heavy atom. The van der Waals surface area contributed by atoms with Crippen molar-refractivity contribution in [1.29, 1.82) is 0 Å². The smallest absolute Gasteiger partial charge is 0.228 e. The van der Waals surface area contributed by atoms with Crippen molar-refractivity contribution in [3.63, 3.8) is 0 Å². The van der Waals surface area contributed by atoms with Crippen molar-refractivity contribution < 1.29 is 9.21 Å². The maximum Gasteiger partial charge on any atom is 0.228 e. The Balaban J connectivity index is 1.71. The highest BCUT2D eigenvalue weighted by molar-refractivity contribution is 14.1. The SMILES string of the molecule is Cc1ccc(C(=O)c2ccc(C(c3ccc(I)cc3)c3ccc[nH]3)o2)cc1. The molecule has 1 unspecified atom stereocenters. The van der Waals surface area contributed by atoms with Crippen LogP contribution in [0.2, 0.25) is 0 Å². The zero-order valence-electron chi connectivity index (χ0n) is 14.8. The number of carbonyl (C=O) groups excluding carboxylic acids is 1. The molecule has 0 saturated heterocycles. The average Bonchev–Trinajstić information content (AvgIpc) is 3.36. The minimum atomic E-state index is -0.103. The van der Waals surface area contributed by atoms with Gasteiger partial charge in [-0.15, -0.1) is 0 Å². The van der Waals surface area contributed by atoms with Crippen LogP contribution in [-0.2, 0) is 0 Å². The van der Waals surface area contributed by atoms with Gasteiger partial charge in [-0.05, 0) is 71.5 Å². The molecule has 0 spiro atoms. The lowest BCUT2D eigenvalue weighted by Crippen LogP contribution is -2.03. The third kappa shape index (κ3) is 3.76. The second-order valence-electron chi connectivity index (χ2n) is 6.51. The number of aromatic nitrogens is 1. The third-order valence-corrected chi connectivity index (χ3v) is 5.30. The van der Waals surface area contributed by atoms with Crippen LogP contribution in [0, 0.1) is 10.5 Å². The summed E-state index contributed by atoms with van der Waals surface area (Å²) in [6.45, 7) is 2.00. The summed E-state index contributed by atoms with van der Waals surface area (Å²) >= 11 is 2.29. The zero-order chi connectivity index (χ0) is 18.8. The summed E-state index contributed by atoms with van der Waals surface area (Å²) in [6.07, 6.45) is 1.90. The topological polar surface area (TPSA) is 46.0 Å². The molecule has 3 nitrogen and oxygen atoms in total. The summed E-state index contributed by atoms with van der Waals surface area (Å²) in [6, 6.07) is 23.5. The van der Waals surface area contributed by atoms with E-state index in [1.54, 1.807) is 6.07 Å². The summed E-state index contributed by atoms with van der Waals surface area (Å²) in [7, 11) is 0. The number of furan rings is 1. The predicted octanol–water partition coefficient (Wildman–Crippen LogP) is 5.93. The number of aromatic amines is 1. The van der Waals surface area contributed by atoms with Gasteiger partial charge in [-0.2, -0.15) is 0 Å². The van der Waals surface area contributed by atoms with Gasteiger partial charge < -0.3 is 9.40 Å². The van der Waals surface area contributed by atoms with E-state index in [4.69, 9.17) is 4.42 Å². The number of hydrogen-bond acceptors (Lipinski definition) is 2. The monoisotopic (exact) mass is 467 g/mol. The first kappa shape index (κ1) is 17.8. The Hall–Kier alpha value is -2.60. The van der Waals surface area contributed by atoms with Gasteiger partial charge in [0, 0.05) is 21.0 Å². The van der Waals surface area contributed by atoms with Crippen LogP contribution in [-0.4, -0.2) is 10.8 Å². The number of benzene rings is 2. The summed E-state index contributed by atoms with van der Waals surface area (Å²) in [5.41, 5.74) is 3.89. The fourth-order valence-electron chi connectivity index (χ4n) is 3.15. The number of ketones is 1. The van der Waals surface area contributed by atoms with E-state index < -0.39 is 0 Å². The number of aryl methyl sites for hydroxylation is 1. The number of hydrogen-bond donors (Lipinski definition) is 1. The molecule has 0 saturated carbocycles. The lowest BCUT2D eigenvalue weighted by Gasteiger charge is -2.14. The molecule has 4 heteroatoms. The highest BCUT2D eigenvalue weighted by Crippen LogP contribution is 2.33. The first-order valence-corrected chi connectivity index (χ1v) is 9.79. The molecule has 0 aliphatic rings. The standard InChI is InChI=1S/C23H18INO2/c1-15-4-6-17(7-5-15)23(26)21-13-12-20(27-21)22(19-3-2-14-25-19)16-8-10-18(24)11-9-16/h2-14,22,25H,1H3. The first-order chi connectivity index (χ1) is 13.1.